The van der Waals surface area contributed by atoms with Crippen molar-refractivity contribution in [1.82, 2.24) is 9.80 Å². The molecule has 6 heteroatoms. The first-order valence-electron chi connectivity index (χ1n) is 9.79. The van der Waals surface area contributed by atoms with Gasteiger partial charge in [0, 0.05) is 36.9 Å². The highest BCUT2D eigenvalue weighted by molar-refractivity contribution is 5.69. The molecule has 1 aromatic rings. The minimum absolute atomic E-state index is 0.105. The van der Waals surface area contributed by atoms with Crippen molar-refractivity contribution in [1.29, 1.82) is 0 Å². The van der Waals surface area contributed by atoms with Crippen LogP contribution in [0.5, 0.6) is 0 Å². The van der Waals surface area contributed by atoms with Crippen molar-refractivity contribution in [2.24, 2.45) is 0 Å². The number of carboxylic acid groups (broad SMARTS) is 1. The van der Waals surface area contributed by atoms with Crippen LogP contribution in [0.3, 0.4) is 0 Å². The molecule has 0 aromatic heterocycles. The van der Waals surface area contributed by atoms with E-state index in [0.29, 0.717) is 12.6 Å². The van der Waals surface area contributed by atoms with Gasteiger partial charge >= 0.3 is 5.97 Å². The number of carbonyl (C=O) groups is 1. The lowest BCUT2D eigenvalue weighted by molar-refractivity contribution is -0.139. The van der Waals surface area contributed by atoms with E-state index < -0.39 is 5.97 Å². The van der Waals surface area contributed by atoms with Crippen molar-refractivity contribution in [3.8, 4) is 0 Å². The van der Waals surface area contributed by atoms with Crippen molar-refractivity contribution in [2.45, 2.75) is 45.2 Å². The second-order valence-corrected chi connectivity index (χ2v) is 7.40. The molecule has 0 amide bonds. The van der Waals surface area contributed by atoms with E-state index in [1.165, 1.54) is 12.8 Å². The fourth-order valence-corrected chi connectivity index (χ4v) is 4.30. The van der Waals surface area contributed by atoms with Crippen LogP contribution in [-0.2, 0) is 11.3 Å². The van der Waals surface area contributed by atoms with Gasteiger partial charge in [-0.1, -0.05) is 13.0 Å². The number of aliphatic carboxylic acids is 1. The van der Waals surface area contributed by atoms with E-state index in [0.717, 1.165) is 56.8 Å². The zero-order valence-corrected chi connectivity index (χ0v) is 15.7. The maximum atomic E-state index is 14.5. The number of hydrogen-bond donors (Lipinski definition) is 1. The second-order valence-electron chi connectivity index (χ2n) is 7.40. The fraction of sp³-hybridized carbons (Fsp3) is 0.650. The summed E-state index contributed by atoms with van der Waals surface area (Å²) in [5, 5.41) is 9.06. The number of hydrogen-bond acceptors (Lipinski definition) is 4. The summed E-state index contributed by atoms with van der Waals surface area (Å²) in [7, 11) is 0. The predicted molar refractivity (Wildman–Crippen MR) is 101 cm³/mol. The average molecular weight is 363 g/mol. The summed E-state index contributed by atoms with van der Waals surface area (Å²) in [6.07, 6.45) is 4.23. The normalized spacial score (nSPS) is 19.4. The summed E-state index contributed by atoms with van der Waals surface area (Å²) in [6, 6.07) is 5.73. The average Bonchev–Trinajstić information content (AvgIpc) is 3.16. The number of piperidine rings is 1. The maximum Gasteiger partial charge on any atom is 0.317 e. The first kappa shape index (κ1) is 19.1. The third kappa shape index (κ3) is 4.54. The number of benzene rings is 1. The molecular formula is C20H30FN3O2. The van der Waals surface area contributed by atoms with Gasteiger partial charge in [0.15, 0.2) is 0 Å². The molecule has 0 atom stereocenters. The van der Waals surface area contributed by atoms with E-state index in [1.807, 2.05) is 24.0 Å². The van der Waals surface area contributed by atoms with Crippen molar-refractivity contribution >= 4 is 11.7 Å². The topological polar surface area (TPSA) is 47.0 Å². The minimum atomic E-state index is -0.768. The molecule has 1 aromatic carbocycles. The van der Waals surface area contributed by atoms with E-state index >= 15 is 0 Å². The second kappa shape index (κ2) is 8.82. The Labute approximate surface area is 155 Å². The van der Waals surface area contributed by atoms with Crippen molar-refractivity contribution < 1.29 is 14.3 Å². The summed E-state index contributed by atoms with van der Waals surface area (Å²) in [6.45, 7) is 7.30. The molecule has 2 aliphatic rings. The standard InChI is InChI=1S/C20H30FN3O2/c1-2-23(15-20(25)26)16-8-12-22(13-9-16)14-17-18(21)6-5-7-19(17)24-10-3-4-11-24/h5-7,16H,2-4,8-15H2,1H3,(H,25,26). The van der Waals surface area contributed by atoms with Gasteiger partial charge in [0.2, 0.25) is 0 Å². The van der Waals surface area contributed by atoms with E-state index in [2.05, 4.69) is 9.80 Å². The first-order valence-corrected chi connectivity index (χ1v) is 9.79. The third-order valence-electron chi connectivity index (χ3n) is 5.74. The zero-order chi connectivity index (χ0) is 18.5. The lowest BCUT2D eigenvalue weighted by Crippen LogP contribution is -2.46. The fourth-order valence-electron chi connectivity index (χ4n) is 4.30. The quantitative estimate of drug-likeness (QED) is 0.807. The number of likely N-dealkylation sites (N-methyl/N-ethyl adjacent to an activating group) is 1. The van der Waals surface area contributed by atoms with Crippen LogP contribution >= 0.6 is 0 Å². The lowest BCUT2D eigenvalue weighted by atomic mass is 10.0. The van der Waals surface area contributed by atoms with Crippen LogP contribution < -0.4 is 4.90 Å². The number of likely N-dealkylation sites (tertiary alicyclic amines) is 1. The molecule has 0 spiro atoms. The molecule has 0 bridgehead atoms. The summed E-state index contributed by atoms with van der Waals surface area (Å²) in [5.74, 6) is -0.881. The Morgan fingerprint density at radius 3 is 2.54 bits per heavy atom. The first-order chi connectivity index (χ1) is 12.6. The Kier molecular flexibility index (Phi) is 6.48. The maximum absolute atomic E-state index is 14.5. The summed E-state index contributed by atoms with van der Waals surface area (Å²) in [5.41, 5.74) is 1.86. The van der Waals surface area contributed by atoms with Gasteiger partial charge in [-0.05, 0) is 57.5 Å². The Balaban J connectivity index is 1.62. The molecule has 2 fully saturated rings. The van der Waals surface area contributed by atoms with Gasteiger partial charge in [0.25, 0.3) is 0 Å². The van der Waals surface area contributed by atoms with Gasteiger partial charge in [0.05, 0.1) is 6.54 Å². The van der Waals surface area contributed by atoms with Gasteiger partial charge in [-0.15, -0.1) is 0 Å². The minimum Gasteiger partial charge on any atom is -0.480 e. The van der Waals surface area contributed by atoms with Crippen molar-refractivity contribution in [2.75, 3.05) is 44.2 Å². The molecule has 26 heavy (non-hydrogen) atoms. The van der Waals surface area contributed by atoms with Gasteiger partial charge in [-0.25, -0.2) is 4.39 Å². The van der Waals surface area contributed by atoms with Crippen LogP contribution in [0, 0.1) is 5.82 Å². The molecule has 2 saturated heterocycles. The van der Waals surface area contributed by atoms with Gasteiger partial charge < -0.3 is 10.0 Å². The smallest absolute Gasteiger partial charge is 0.317 e. The molecule has 2 heterocycles. The predicted octanol–water partition coefficient (Wildman–Crippen LogP) is 2.80. The molecule has 3 rings (SSSR count). The van der Waals surface area contributed by atoms with Crippen molar-refractivity contribution in [3.63, 3.8) is 0 Å². The largest absolute Gasteiger partial charge is 0.480 e. The Morgan fingerprint density at radius 2 is 1.92 bits per heavy atom. The molecule has 2 aliphatic heterocycles. The highest BCUT2D eigenvalue weighted by Gasteiger charge is 2.26. The summed E-state index contributed by atoms with van der Waals surface area (Å²) in [4.78, 5) is 17.7. The van der Waals surface area contributed by atoms with Crippen LogP contribution in [0.15, 0.2) is 18.2 Å². The number of halogens is 1. The number of anilines is 1. The number of nitrogens with zero attached hydrogens (tertiary/aromatic N) is 3. The molecule has 0 radical (unpaired) electrons. The molecule has 0 saturated carbocycles. The molecule has 5 nitrogen and oxygen atoms in total. The molecule has 0 aliphatic carbocycles. The monoisotopic (exact) mass is 363 g/mol. The Bertz CT molecular complexity index is 611. The molecule has 144 valence electrons. The van der Waals surface area contributed by atoms with Gasteiger partial charge in [-0.3, -0.25) is 14.6 Å². The number of rotatable bonds is 7. The highest BCUT2D eigenvalue weighted by Crippen LogP contribution is 2.29. The highest BCUT2D eigenvalue weighted by atomic mass is 19.1. The zero-order valence-electron chi connectivity index (χ0n) is 15.7. The SMILES string of the molecule is CCN(CC(=O)O)C1CCN(Cc2c(F)cccc2N2CCCC2)CC1. The van der Waals surface area contributed by atoms with Crippen LogP contribution in [-0.4, -0.2) is 66.2 Å². The van der Waals surface area contributed by atoms with Crippen molar-refractivity contribution in [3.05, 3.63) is 29.6 Å². The Hall–Kier alpha value is -1.66. The van der Waals surface area contributed by atoms with Crippen LogP contribution in [0.2, 0.25) is 0 Å². The Morgan fingerprint density at radius 1 is 1.23 bits per heavy atom. The van der Waals surface area contributed by atoms with E-state index in [-0.39, 0.29) is 12.4 Å². The van der Waals surface area contributed by atoms with Gasteiger partial charge in [0.1, 0.15) is 5.82 Å². The van der Waals surface area contributed by atoms with Crippen LogP contribution in [0.4, 0.5) is 10.1 Å². The third-order valence-corrected chi connectivity index (χ3v) is 5.74. The summed E-state index contributed by atoms with van der Waals surface area (Å²) < 4.78 is 14.5. The van der Waals surface area contributed by atoms with E-state index in [9.17, 15) is 9.18 Å². The summed E-state index contributed by atoms with van der Waals surface area (Å²) >= 11 is 0. The lowest BCUT2D eigenvalue weighted by Gasteiger charge is -2.38. The van der Waals surface area contributed by atoms with Crippen LogP contribution in [0.25, 0.3) is 0 Å². The van der Waals surface area contributed by atoms with Crippen LogP contribution in [0.1, 0.15) is 38.2 Å². The number of carboxylic acids is 1. The molecular weight excluding hydrogens is 333 g/mol. The van der Waals surface area contributed by atoms with E-state index in [4.69, 9.17) is 5.11 Å². The molecule has 1 N–H and O–H groups in total. The molecule has 0 unspecified atom stereocenters. The van der Waals surface area contributed by atoms with Gasteiger partial charge in [-0.2, -0.15) is 0 Å². The van der Waals surface area contributed by atoms with E-state index in [1.54, 1.807) is 6.07 Å².